The van der Waals surface area contributed by atoms with E-state index in [1.807, 2.05) is 6.92 Å². The van der Waals surface area contributed by atoms with Crippen molar-refractivity contribution in [2.75, 3.05) is 25.0 Å². The number of esters is 1. The minimum Gasteiger partial charge on any atom is -0.465 e. The van der Waals surface area contributed by atoms with Gasteiger partial charge in [0, 0.05) is 24.7 Å². The van der Waals surface area contributed by atoms with E-state index in [1.54, 1.807) is 32.9 Å². The summed E-state index contributed by atoms with van der Waals surface area (Å²) < 4.78 is 34.2. The highest BCUT2D eigenvalue weighted by atomic mass is 32.2. The molecular weight excluding hydrogens is 552 g/mol. The number of amides is 1. The third-order valence-electron chi connectivity index (χ3n) is 9.16. The maximum atomic E-state index is 13.3. The number of hydrogen-bond acceptors (Lipinski definition) is 7. The van der Waals surface area contributed by atoms with Crippen molar-refractivity contribution in [3.8, 4) is 0 Å². The van der Waals surface area contributed by atoms with Crippen molar-refractivity contribution in [1.82, 2.24) is 15.0 Å². The van der Waals surface area contributed by atoms with Gasteiger partial charge in [-0.2, -0.15) is 4.72 Å². The van der Waals surface area contributed by atoms with Crippen molar-refractivity contribution in [1.29, 1.82) is 0 Å². The second kappa shape index (κ2) is 12.3. The van der Waals surface area contributed by atoms with Crippen LogP contribution in [0.4, 0.5) is 5.82 Å². The molecule has 2 fully saturated rings. The molecule has 42 heavy (non-hydrogen) atoms. The van der Waals surface area contributed by atoms with Crippen molar-refractivity contribution >= 4 is 27.7 Å². The third-order valence-corrected chi connectivity index (χ3v) is 10.9. The van der Waals surface area contributed by atoms with Gasteiger partial charge in [-0.1, -0.05) is 23.8 Å². The van der Waals surface area contributed by atoms with Crippen LogP contribution in [0.3, 0.4) is 0 Å². The third kappa shape index (κ3) is 6.64. The minimum absolute atomic E-state index is 0.110. The number of carbonyl (C=O) groups is 2. The van der Waals surface area contributed by atoms with E-state index in [-0.39, 0.29) is 35.3 Å². The van der Waals surface area contributed by atoms with Crippen LogP contribution in [0.2, 0.25) is 0 Å². The van der Waals surface area contributed by atoms with Crippen LogP contribution in [0.1, 0.15) is 73.4 Å². The summed E-state index contributed by atoms with van der Waals surface area (Å²) >= 11 is 0. The Morgan fingerprint density at radius 3 is 2.52 bits per heavy atom. The topological polar surface area (TPSA) is 126 Å². The molecule has 2 heterocycles. The van der Waals surface area contributed by atoms with Crippen LogP contribution in [-0.2, 0) is 37.2 Å². The number of rotatable bonds is 11. The number of ether oxygens (including phenoxy) is 1. The Kier molecular flexibility index (Phi) is 8.94. The number of fused-ring (bicyclic) bond motifs is 1. The smallest absolute Gasteiger partial charge is 0.326 e. The summed E-state index contributed by atoms with van der Waals surface area (Å²) in [6.07, 6.45) is 8.32. The lowest BCUT2D eigenvalue weighted by atomic mass is 9.47. The lowest BCUT2D eigenvalue weighted by Crippen LogP contribution is -2.54. The summed E-state index contributed by atoms with van der Waals surface area (Å²) in [6, 6.07) is 6.75. The van der Waals surface area contributed by atoms with Crippen LogP contribution in [0.25, 0.3) is 0 Å². The number of sulfonamides is 1. The number of nitrogens with one attached hydrogen (secondary N) is 3. The number of anilines is 1. The molecule has 2 aromatic rings. The Hall–Kier alpha value is -2.98. The number of benzene rings is 1. The molecule has 2 saturated carbocycles. The van der Waals surface area contributed by atoms with Crippen molar-refractivity contribution in [3.05, 3.63) is 52.2 Å². The molecule has 1 aliphatic heterocycles. The fourth-order valence-corrected chi connectivity index (χ4v) is 8.97. The van der Waals surface area contributed by atoms with Gasteiger partial charge >= 0.3 is 5.97 Å². The highest BCUT2D eigenvalue weighted by molar-refractivity contribution is 7.89. The summed E-state index contributed by atoms with van der Waals surface area (Å²) in [7, 11) is -4.02. The van der Waals surface area contributed by atoms with Crippen LogP contribution in [-0.4, -0.2) is 51.0 Å². The number of aryl methyl sites for hydroxylation is 5. The van der Waals surface area contributed by atoms with Gasteiger partial charge in [0.1, 0.15) is 11.9 Å². The molecule has 3 N–H and O–H groups in total. The molecule has 0 saturated heterocycles. The molecule has 228 valence electrons. The SMILES string of the molecule is CCOC(=O)[C@H](CNC(=O)C1CC2(CC(CCc3ccc4c(n3)NCCC4)C2)C1)NS(=O)(=O)c1c(C)cc(C)cc1C. The first kappa shape index (κ1) is 30.5. The normalized spacial score (nSPS) is 23.6. The van der Waals surface area contributed by atoms with Gasteiger partial charge in [0.2, 0.25) is 15.9 Å². The van der Waals surface area contributed by atoms with Gasteiger partial charge in [0.25, 0.3) is 0 Å². The lowest BCUT2D eigenvalue weighted by Gasteiger charge is -2.57. The zero-order valence-corrected chi connectivity index (χ0v) is 26.0. The molecule has 9 nitrogen and oxygen atoms in total. The maximum absolute atomic E-state index is 13.3. The molecule has 5 rings (SSSR count). The van der Waals surface area contributed by atoms with E-state index in [1.165, 1.54) is 5.56 Å². The number of hydrogen-bond donors (Lipinski definition) is 3. The van der Waals surface area contributed by atoms with Gasteiger partial charge in [-0.3, -0.25) is 9.59 Å². The molecule has 1 aromatic heterocycles. The zero-order chi connectivity index (χ0) is 30.1. The minimum atomic E-state index is -4.02. The van der Waals surface area contributed by atoms with Gasteiger partial charge in [0.15, 0.2) is 0 Å². The molecular formula is C32H44N4O5S. The van der Waals surface area contributed by atoms with Crippen LogP contribution < -0.4 is 15.4 Å². The van der Waals surface area contributed by atoms with Gasteiger partial charge in [-0.15, -0.1) is 0 Å². The van der Waals surface area contributed by atoms with Gasteiger partial charge in [-0.25, -0.2) is 13.4 Å². The van der Waals surface area contributed by atoms with E-state index in [0.717, 1.165) is 75.0 Å². The van der Waals surface area contributed by atoms with E-state index in [2.05, 4.69) is 27.5 Å². The second-order valence-corrected chi connectivity index (χ2v) is 14.3. The first-order valence-corrected chi connectivity index (χ1v) is 16.7. The van der Waals surface area contributed by atoms with E-state index < -0.39 is 22.0 Å². The summed E-state index contributed by atoms with van der Waals surface area (Å²) in [4.78, 5) is 30.6. The first-order valence-electron chi connectivity index (χ1n) is 15.3. The highest BCUT2D eigenvalue weighted by Gasteiger charge is 2.54. The molecule has 10 heteroatoms. The quantitative estimate of drug-likeness (QED) is 0.333. The van der Waals surface area contributed by atoms with Crippen molar-refractivity contribution < 1.29 is 22.7 Å². The predicted octanol–water partition coefficient (Wildman–Crippen LogP) is 4.13. The number of aromatic nitrogens is 1. The van der Waals surface area contributed by atoms with Gasteiger partial charge < -0.3 is 15.4 Å². The Bertz CT molecular complexity index is 1420. The molecule has 0 bridgehead atoms. The maximum Gasteiger partial charge on any atom is 0.326 e. The summed E-state index contributed by atoms with van der Waals surface area (Å²) in [5, 5.41) is 6.24. The van der Waals surface area contributed by atoms with E-state index in [0.29, 0.717) is 17.0 Å². The Labute approximate surface area is 249 Å². The Balaban J connectivity index is 1.09. The van der Waals surface area contributed by atoms with Gasteiger partial charge in [-0.05, 0) is 113 Å². The molecule has 2 aliphatic carbocycles. The standard InChI is InChI=1S/C32H44N4O5S/c1-5-41-31(38)27(36-42(39,40)28-21(3)13-20(2)14-22(28)4)19-34-30(37)25-17-32(18-25)15-23(16-32)8-10-26-11-9-24-7-6-12-33-29(24)35-26/h9,11,13-14,23,25,27,36H,5-8,10,12,15-19H2,1-4H3,(H,33,35)(H,34,37)/t23?,25?,27-,32?/m0/s1. The van der Waals surface area contributed by atoms with Crippen molar-refractivity contribution in [2.45, 2.75) is 90.0 Å². The van der Waals surface area contributed by atoms with Crippen LogP contribution in [0.5, 0.6) is 0 Å². The Morgan fingerprint density at radius 1 is 1.12 bits per heavy atom. The largest absolute Gasteiger partial charge is 0.465 e. The van der Waals surface area contributed by atoms with Crippen molar-refractivity contribution in [3.63, 3.8) is 0 Å². The van der Waals surface area contributed by atoms with E-state index in [9.17, 15) is 18.0 Å². The fraction of sp³-hybridized carbons (Fsp3) is 0.594. The second-order valence-electron chi connectivity index (χ2n) is 12.7. The summed E-state index contributed by atoms with van der Waals surface area (Å²) in [5.74, 6) is 0.762. The molecule has 1 aromatic carbocycles. The Morgan fingerprint density at radius 2 is 1.83 bits per heavy atom. The van der Waals surface area contributed by atoms with Gasteiger partial charge in [0.05, 0.1) is 11.5 Å². The number of nitrogens with zero attached hydrogens (tertiary/aromatic N) is 1. The number of pyridine rings is 1. The molecule has 0 unspecified atom stereocenters. The van der Waals surface area contributed by atoms with E-state index >= 15 is 0 Å². The lowest BCUT2D eigenvalue weighted by molar-refractivity contribution is -0.146. The summed E-state index contributed by atoms with van der Waals surface area (Å²) in [5.41, 5.74) is 4.86. The fourth-order valence-electron chi connectivity index (χ4n) is 7.33. The monoisotopic (exact) mass is 596 g/mol. The van der Waals surface area contributed by atoms with Crippen LogP contribution >= 0.6 is 0 Å². The predicted molar refractivity (Wildman–Crippen MR) is 162 cm³/mol. The van der Waals surface area contributed by atoms with Crippen LogP contribution in [0, 0.1) is 38.0 Å². The molecule has 1 amide bonds. The molecule has 1 spiro atoms. The molecule has 1 atom stereocenters. The zero-order valence-electron chi connectivity index (χ0n) is 25.2. The van der Waals surface area contributed by atoms with E-state index in [4.69, 9.17) is 9.72 Å². The molecule has 0 radical (unpaired) electrons. The number of carbonyl (C=O) groups excluding carboxylic acids is 2. The molecule has 3 aliphatic rings. The highest BCUT2D eigenvalue weighted by Crippen LogP contribution is 2.62. The average molecular weight is 597 g/mol. The summed E-state index contributed by atoms with van der Waals surface area (Å²) in [6.45, 7) is 7.98. The average Bonchev–Trinajstić information content (AvgIpc) is 2.88. The van der Waals surface area contributed by atoms with Crippen molar-refractivity contribution in [2.24, 2.45) is 17.3 Å². The first-order chi connectivity index (χ1) is 20.0. The van der Waals surface area contributed by atoms with Crippen LogP contribution in [0.15, 0.2) is 29.2 Å².